The molecule has 0 bridgehead atoms. The number of thioether (sulfide) groups is 1. The Morgan fingerprint density at radius 2 is 2.33 bits per heavy atom. The zero-order valence-electron chi connectivity index (χ0n) is 10.3. The summed E-state index contributed by atoms with van der Waals surface area (Å²) in [5, 5.41) is 15.1. The number of nitrogens with one attached hydrogen (secondary N) is 1. The summed E-state index contributed by atoms with van der Waals surface area (Å²) in [5.74, 6) is 0.323. The first-order valence-corrected chi connectivity index (χ1v) is 6.89. The van der Waals surface area contributed by atoms with E-state index >= 15 is 0 Å². The number of carbonyl (C=O) groups is 2. The molecule has 1 heterocycles. The summed E-state index contributed by atoms with van der Waals surface area (Å²) in [4.78, 5) is 22.0. The summed E-state index contributed by atoms with van der Waals surface area (Å²) in [5.41, 5.74) is 0.525. The topological polar surface area (TPSA) is 84.2 Å². The molecular weight excluding hydrogens is 254 g/mol. The lowest BCUT2D eigenvalue weighted by Gasteiger charge is -2.01. The van der Waals surface area contributed by atoms with Crippen LogP contribution in [0.3, 0.4) is 0 Å². The average Bonchev–Trinajstić information content (AvgIpc) is 2.71. The molecule has 0 saturated carbocycles. The first-order chi connectivity index (χ1) is 8.61. The van der Waals surface area contributed by atoms with Crippen LogP contribution in [-0.2, 0) is 16.1 Å². The lowest BCUT2D eigenvalue weighted by Crippen LogP contribution is -2.14. The largest absolute Gasteiger partial charge is 0.480 e. The van der Waals surface area contributed by atoms with E-state index in [-0.39, 0.29) is 12.5 Å². The van der Waals surface area contributed by atoms with Crippen LogP contribution >= 0.6 is 11.8 Å². The molecule has 2 N–H and O–H groups in total. The number of anilines is 1. The van der Waals surface area contributed by atoms with E-state index in [1.54, 1.807) is 11.8 Å². The Labute approximate surface area is 110 Å². The minimum Gasteiger partial charge on any atom is -0.480 e. The number of hydrogen-bond acceptors (Lipinski definition) is 4. The monoisotopic (exact) mass is 271 g/mol. The van der Waals surface area contributed by atoms with Gasteiger partial charge in [-0.3, -0.25) is 14.3 Å². The van der Waals surface area contributed by atoms with E-state index < -0.39 is 5.97 Å². The summed E-state index contributed by atoms with van der Waals surface area (Å²) >= 11 is 1.59. The Morgan fingerprint density at radius 1 is 1.56 bits per heavy atom. The van der Waals surface area contributed by atoms with Gasteiger partial charge in [0, 0.05) is 6.20 Å². The first-order valence-electron chi connectivity index (χ1n) is 5.73. The standard InChI is InChI=1S/C11H17N3O3S/c1-2-3-4-18-8-10(15)13-9-5-12-14(6-9)7-11(16)17/h5-6H,2-4,7-8H2,1H3,(H,13,15)(H,16,17). The number of carboxylic acid groups (broad SMARTS) is 1. The number of amides is 1. The van der Waals surface area contributed by atoms with Gasteiger partial charge in [0.15, 0.2) is 0 Å². The summed E-state index contributed by atoms with van der Waals surface area (Å²) in [6, 6.07) is 0. The third-order valence-electron chi connectivity index (χ3n) is 2.09. The molecule has 7 heteroatoms. The molecule has 0 saturated heterocycles. The molecule has 1 aromatic heterocycles. The molecule has 0 atom stereocenters. The van der Waals surface area contributed by atoms with Crippen LogP contribution in [-0.4, -0.2) is 38.3 Å². The van der Waals surface area contributed by atoms with Crippen molar-refractivity contribution in [3.63, 3.8) is 0 Å². The van der Waals surface area contributed by atoms with Crippen LogP contribution in [0.1, 0.15) is 19.8 Å². The second kappa shape index (κ2) is 7.75. The fourth-order valence-electron chi connectivity index (χ4n) is 1.26. The van der Waals surface area contributed by atoms with Gasteiger partial charge in [0.05, 0.1) is 17.6 Å². The molecular formula is C11H17N3O3S. The van der Waals surface area contributed by atoms with Crippen molar-refractivity contribution < 1.29 is 14.7 Å². The highest BCUT2D eigenvalue weighted by atomic mass is 32.2. The highest BCUT2D eigenvalue weighted by Gasteiger charge is 2.06. The van der Waals surface area contributed by atoms with Crippen LogP contribution < -0.4 is 5.32 Å². The average molecular weight is 271 g/mol. The van der Waals surface area contributed by atoms with Crippen molar-refractivity contribution in [2.75, 3.05) is 16.8 Å². The maximum Gasteiger partial charge on any atom is 0.325 e. The van der Waals surface area contributed by atoms with E-state index in [0.29, 0.717) is 11.4 Å². The number of carboxylic acids is 1. The van der Waals surface area contributed by atoms with Gasteiger partial charge in [0.1, 0.15) is 6.54 Å². The molecule has 0 fully saturated rings. The molecule has 0 aliphatic carbocycles. The summed E-state index contributed by atoms with van der Waals surface area (Å²) in [6.45, 7) is 1.90. The minimum atomic E-state index is -0.967. The number of aliphatic carboxylic acids is 1. The van der Waals surface area contributed by atoms with Crippen molar-refractivity contribution in [1.82, 2.24) is 9.78 Å². The van der Waals surface area contributed by atoms with Gasteiger partial charge in [-0.15, -0.1) is 0 Å². The molecule has 0 aromatic carbocycles. The van der Waals surface area contributed by atoms with Crippen LogP contribution in [0.5, 0.6) is 0 Å². The Balaban J connectivity index is 2.31. The van der Waals surface area contributed by atoms with Gasteiger partial charge < -0.3 is 10.4 Å². The van der Waals surface area contributed by atoms with E-state index in [0.717, 1.165) is 18.6 Å². The molecule has 1 aromatic rings. The normalized spacial score (nSPS) is 10.3. The number of hydrogen-bond donors (Lipinski definition) is 2. The fourth-order valence-corrected chi connectivity index (χ4v) is 2.16. The van der Waals surface area contributed by atoms with Gasteiger partial charge in [-0.2, -0.15) is 16.9 Å². The Morgan fingerprint density at radius 3 is 3.00 bits per heavy atom. The molecule has 1 rings (SSSR count). The SMILES string of the molecule is CCCCSCC(=O)Nc1cnn(CC(=O)O)c1. The van der Waals surface area contributed by atoms with Crippen molar-refractivity contribution in [2.24, 2.45) is 0 Å². The zero-order valence-corrected chi connectivity index (χ0v) is 11.1. The lowest BCUT2D eigenvalue weighted by molar-refractivity contribution is -0.137. The van der Waals surface area contributed by atoms with Crippen molar-refractivity contribution in [2.45, 2.75) is 26.3 Å². The minimum absolute atomic E-state index is 0.0917. The molecule has 0 unspecified atom stereocenters. The molecule has 0 radical (unpaired) electrons. The molecule has 18 heavy (non-hydrogen) atoms. The van der Waals surface area contributed by atoms with Crippen LogP contribution in [0.25, 0.3) is 0 Å². The number of aromatic nitrogens is 2. The van der Waals surface area contributed by atoms with Gasteiger partial charge in [-0.25, -0.2) is 0 Å². The number of unbranched alkanes of at least 4 members (excludes halogenated alkanes) is 1. The highest BCUT2D eigenvalue weighted by Crippen LogP contribution is 2.08. The summed E-state index contributed by atoms with van der Waals surface area (Å²) in [6.07, 6.45) is 5.17. The van der Waals surface area contributed by atoms with Crippen molar-refractivity contribution in [3.8, 4) is 0 Å². The zero-order chi connectivity index (χ0) is 13.4. The number of rotatable bonds is 8. The smallest absolute Gasteiger partial charge is 0.325 e. The second-order valence-corrected chi connectivity index (χ2v) is 4.88. The summed E-state index contributed by atoms with van der Waals surface area (Å²) < 4.78 is 1.27. The van der Waals surface area contributed by atoms with E-state index in [4.69, 9.17) is 5.11 Å². The van der Waals surface area contributed by atoms with Crippen molar-refractivity contribution in [1.29, 1.82) is 0 Å². The van der Waals surface area contributed by atoms with Crippen molar-refractivity contribution in [3.05, 3.63) is 12.4 Å². The Hall–Kier alpha value is -1.50. The molecule has 0 aliphatic rings. The van der Waals surface area contributed by atoms with Gasteiger partial charge in [0.25, 0.3) is 0 Å². The lowest BCUT2D eigenvalue weighted by atomic mass is 10.4. The highest BCUT2D eigenvalue weighted by molar-refractivity contribution is 7.99. The van der Waals surface area contributed by atoms with Gasteiger partial charge >= 0.3 is 5.97 Å². The van der Waals surface area contributed by atoms with E-state index in [1.165, 1.54) is 17.1 Å². The van der Waals surface area contributed by atoms with E-state index in [1.807, 2.05) is 0 Å². The maximum absolute atomic E-state index is 11.5. The second-order valence-electron chi connectivity index (χ2n) is 3.77. The molecule has 0 aliphatic heterocycles. The van der Waals surface area contributed by atoms with Crippen LogP contribution in [0.4, 0.5) is 5.69 Å². The fraction of sp³-hybridized carbons (Fsp3) is 0.545. The Bertz CT molecular complexity index is 406. The third-order valence-corrected chi connectivity index (χ3v) is 3.13. The quantitative estimate of drug-likeness (QED) is 0.699. The van der Waals surface area contributed by atoms with E-state index in [9.17, 15) is 9.59 Å². The third kappa shape index (κ3) is 5.72. The number of carbonyl (C=O) groups excluding carboxylic acids is 1. The molecule has 1 amide bonds. The maximum atomic E-state index is 11.5. The predicted molar refractivity (Wildman–Crippen MR) is 70.7 cm³/mol. The molecule has 0 spiro atoms. The van der Waals surface area contributed by atoms with Crippen molar-refractivity contribution >= 4 is 29.3 Å². The Kier molecular flexibility index (Phi) is 6.27. The number of nitrogens with zero attached hydrogens (tertiary/aromatic N) is 2. The summed E-state index contributed by atoms with van der Waals surface area (Å²) in [7, 11) is 0. The van der Waals surface area contributed by atoms with Gasteiger partial charge in [-0.05, 0) is 12.2 Å². The van der Waals surface area contributed by atoms with Crippen LogP contribution in [0.2, 0.25) is 0 Å². The van der Waals surface area contributed by atoms with Crippen LogP contribution in [0, 0.1) is 0 Å². The van der Waals surface area contributed by atoms with Gasteiger partial charge in [0.2, 0.25) is 5.91 Å². The molecule has 6 nitrogen and oxygen atoms in total. The first kappa shape index (κ1) is 14.6. The predicted octanol–water partition coefficient (Wildman–Crippen LogP) is 1.44. The van der Waals surface area contributed by atoms with Gasteiger partial charge in [-0.1, -0.05) is 13.3 Å². The van der Waals surface area contributed by atoms with Crippen LogP contribution in [0.15, 0.2) is 12.4 Å². The van der Waals surface area contributed by atoms with E-state index in [2.05, 4.69) is 17.3 Å². The molecule has 100 valence electrons.